The number of carbonyl (C=O) groups is 1. The normalized spacial score (nSPS) is 10.4. The number of fused-ring (bicyclic) bond motifs is 1. The van der Waals surface area contributed by atoms with Crippen LogP contribution in [0.15, 0.2) is 42.0 Å². The van der Waals surface area contributed by atoms with Crippen LogP contribution in [0.1, 0.15) is 10.4 Å². The van der Waals surface area contributed by atoms with Crippen molar-refractivity contribution in [2.75, 3.05) is 17.7 Å². The number of rotatable bonds is 3. The van der Waals surface area contributed by atoms with Gasteiger partial charge in [0.1, 0.15) is 5.82 Å². The van der Waals surface area contributed by atoms with Gasteiger partial charge < -0.3 is 5.32 Å². The first-order valence-corrected chi connectivity index (χ1v) is 6.94. The van der Waals surface area contributed by atoms with E-state index in [-0.39, 0.29) is 5.91 Å². The van der Waals surface area contributed by atoms with Gasteiger partial charge in [0.05, 0.1) is 5.56 Å². The van der Waals surface area contributed by atoms with Crippen LogP contribution in [-0.2, 0) is 0 Å². The lowest BCUT2D eigenvalue weighted by Crippen LogP contribution is -2.13. The van der Waals surface area contributed by atoms with E-state index in [4.69, 9.17) is 0 Å². The molecule has 3 aromatic rings. The third-order valence-electron chi connectivity index (χ3n) is 2.93. The Kier molecular flexibility index (Phi) is 3.30. The van der Waals surface area contributed by atoms with Crippen LogP contribution in [0, 0.1) is 0 Å². The van der Waals surface area contributed by atoms with Gasteiger partial charge in [0, 0.05) is 30.2 Å². The largest absolute Gasteiger partial charge is 0.373 e. The van der Waals surface area contributed by atoms with Crippen LogP contribution in [0.3, 0.4) is 0 Å². The quantitative estimate of drug-likeness (QED) is 0.776. The Labute approximate surface area is 119 Å². The minimum atomic E-state index is -0.202. The Balaban J connectivity index is 2.05. The van der Waals surface area contributed by atoms with E-state index in [1.54, 1.807) is 12.4 Å². The molecular formula is C14H12N4OS. The number of benzene rings is 1. The van der Waals surface area contributed by atoms with Crippen LogP contribution < -0.4 is 10.6 Å². The number of aromatic nitrogens is 2. The minimum Gasteiger partial charge on any atom is -0.373 e. The topological polar surface area (TPSA) is 66.9 Å². The van der Waals surface area contributed by atoms with Crippen LogP contribution in [0.2, 0.25) is 0 Å². The standard InChI is InChI=1S/C14H12N4OS/c1-15-12-10-5-3-2-4-9(10)11(8-17-12)13(19)18-14-16-6-7-20-14/h2-8H,1H3,(H,15,17)(H,16,18,19). The molecule has 0 radical (unpaired) electrons. The first-order chi connectivity index (χ1) is 9.79. The van der Waals surface area contributed by atoms with Gasteiger partial charge in [0.15, 0.2) is 5.13 Å². The van der Waals surface area contributed by atoms with E-state index in [9.17, 15) is 4.79 Å². The van der Waals surface area contributed by atoms with Crippen molar-refractivity contribution < 1.29 is 4.79 Å². The maximum absolute atomic E-state index is 12.3. The molecule has 1 aromatic carbocycles. The van der Waals surface area contributed by atoms with E-state index < -0.39 is 0 Å². The molecule has 100 valence electrons. The summed E-state index contributed by atoms with van der Waals surface area (Å²) in [5, 5.41) is 9.98. The van der Waals surface area contributed by atoms with E-state index in [1.165, 1.54) is 11.3 Å². The van der Waals surface area contributed by atoms with Crippen molar-refractivity contribution in [3.63, 3.8) is 0 Å². The predicted octanol–water partition coefficient (Wildman–Crippen LogP) is 2.99. The number of hydrogen-bond acceptors (Lipinski definition) is 5. The lowest BCUT2D eigenvalue weighted by molar-refractivity contribution is 0.102. The predicted molar refractivity (Wildman–Crippen MR) is 81.4 cm³/mol. The fraction of sp³-hybridized carbons (Fsp3) is 0.0714. The van der Waals surface area contributed by atoms with E-state index in [2.05, 4.69) is 20.6 Å². The molecule has 0 aliphatic rings. The van der Waals surface area contributed by atoms with Crippen LogP contribution in [0.4, 0.5) is 10.9 Å². The van der Waals surface area contributed by atoms with E-state index in [0.29, 0.717) is 10.7 Å². The van der Waals surface area contributed by atoms with Crippen molar-refractivity contribution in [1.29, 1.82) is 0 Å². The van der Waals surface area contributed by atoms with Gasteiger partial charge in [-0.25, -0.2) is 9.97 Å². The summed E-state index contributed by atoms with van der Waals surface area (Å²) in [6.45, 7) is 0. The number of thiazole rings is 1. The number of carbonyl (C=O) groups excluding carboxylic acids is 1. The molecule has 2 aromatic heterocycles. The highest BCUT2D eigenvalue weighted by atomic mass is 32.1. The van der Waals surface area contributed by atoms with E-state index in [1.807, 2.05) is 36.7 Å². The van der Waals surface area contributed by atoms with Crippen molar-refractivity contribution in [2.45, 2.75) is 0 Å². The molecule has 0 fully saturated rings. The van der Waals surface area contributed by atoms with Gasteiger partial charge in [-0.2, -0.15) is 0 Å². The average molecular weight is 284 g/mol. The third-order valence-corrected chi connectivity index (χ3v) is 3.62. The van der Waals surface area contributed by atoms with Gasteiger partial charge in [-0.05, 0) is 5.39 Å². The second-order valence-corrected chi connectivity index (χ2v) is 5.00. The second kappa shape index (κ2) is 5.26. The van der Waals surface area contributed by atoms with Crippen LogP contribution >= 0.6 is 11.3 Å². The molecule has 0 aliphatic carbocycles. The number of hydrogen-bond donors (Lipinski definition) is 2. The smallest absolute Gasteiger partial charge is 0.259 e. The zero-order chi connectivity index (χ0) is 13.9. The number of nitrogens with one attached hydrogen (secondary N) is 2. The Morgan fingerprint density at radius 3 is 2.70 bits per heavy atom. The summed E-state index contributed by atoms with van der Waals surface area (Å²) in [6.07, 6.45) is 3.23. The molecule has 2 N–H and O–H groups in total. The Bertz CT molecular complexity index is 755. The van der Waals surface area contributed by atoms with Crippen LogP contribution in [0.5, 0.6) is 0 Å². The van der Waals surface area contributed by atoms with Gasteiger partial charge in [-0.15, -0.1) is 11.3 Å². The summed E-state index contributed by atoms with van der Waals surface area (Å²) in [7, 11) is 1.81. The molecule has 3 rings (SSSR count). The fourth-order valence-electron chi connectivity index (χ4n) is 2.02. The summed E-state index contributed by atoms with van der Waals surface area (Å²) < 4.78 is 0. The Morgan fingerprint density at radius 1 is 1.20 bits per heavy atom. The van der Waals surface area contributed by atoms with E-state index >= 15 is 0 Å². The molecule has 0 unspecified atom stereocenters. The molecule has 1 amide bonds. The first-order valence-electron chi connectivity index (χ1n) is 6.06. The second-order valence-electron chi connectivity index (χ2n) is 4.11. The lowest BCUT2D eigenvalue weighted by Gasteiger charge is -2.09. The summed E-state index contributed by atoms with van der Waals surface area (Å²) in [4.78, 5) is 20.7. The minimum absolute atomic E-state index is 0.202. The van der Waals surface area contributed by atoms with Crippen molar-refractivity contribution in [1.82, 2.24) is 9.97 Å². The van der Waals surface area contributed by atoms with Gasteiger partial charge >= 0.3 is 0 Å². The fourth-order valence-corrected chi connectivity index (χ4v) is 2.55. The van der Waals surface area contributed by atoms with Crippen molar-refractivity contribution >= 4 is 39.0 Å². The SMILES string of the molecule is CNc1ncc(C(=O)Nc2nccs2)c2ccccc12. The molecule has 6 heteroatoms. The highest BCUT2D eigenvalue weighted by Gasteiger charge is 2.13. The van der Waals surface area contributed by atoms with E-state index in [0.717, 1.165) is 16.6 Å². The maximum atomic E-state index is 12.3. The first kappa shape index (κ1) is 12.6. The summed E-state index contributed by atoms with van der Waals surface area (Å²) in [6, 6.07) is 7.68. The monoisotopic (exact) mass is 284 g/mol. The zero-order valence-corrected chi connectivity index (χ0v) is 11.6. The number of pyridine rings is 1. The highest BCUT2D eigenvalue weighted by molar-refractivity contribution is 7.13. The molecule has 0 bridgehead atoms. The van der Waals surface area contributed by atoms with Crippen molar-refractivity contribution in [3.05, 3.63) is 47.6 Å². The van der Waals surface area contributed by atoms with Gasteiger partial charge in [0.25, 0.3) is 5.91 Å². The molecule has 0 aliphatic heterocycles. The number of anilines is 2. The number of amides is 1. The van der Waals surface area contributed by atoms with Gasteiger partial charge in [0.2, 0.25) is 0 Å². The number of nitrogens with zero attached hydrogens (tertiary/aromatic N) is 2. The molecular weight excluding hydrogens is 272 g/mol. The average Bonchev–Trinajstić information content (AvgIpc) is 2.99. The Morgan fingerprint density at radius 2 is 2.00 bits per heavy atom. The molecule has 0 atom stereocenters. The summed E-state index contributed by atoms with van der Waals surface area (Å²) >= 11 is 1.38. The molecule has 0 spiro atoms. The third kappa shape index (κ3) is 2.21. The van der Waals surface area contributed by atoms with Crippen LogP contribution in [0.25, 0.3) is 10.8 Å². The molecule has 0 saturated heterocycles. The molecule has 0 saturated carbocycles. The lowest BCUT2D eigenvalue weighted by atomic mass is 10.1. The zero-order valence-electron chi connectivity index (χ0n) is 10.8. The van der Waals surface area contributed by atoms with Gasteiger partial charge in [-0.3, -0.25) is 10.1 Å². The van der Waals surface area contributed by atoms with Crippen molar-refractivity contribution in [2.24, 2.45) is 0 Å². The Hall–Kier alpha value is -2.47. The molecule has 5 nitrogen and oxygen atoms in total. The molecule has 20 heavy (non-hydrogen) atoms. The highest BCUT2D eigenvalue weighted by Crippen LogP contribution is 2.25. The maximum Gasteiger partial charge on any atom is 0.259 e. The van der Waals surface area contributed by atoms with Crippen LogP contribution in [-0.4, -0.2) is 22.9 Å². The van der Waals surface area contributed by atoms with Gasteiger partial charge in [-0.1, -0.05) is 24.3 Å². The summed E-state index contributed by atoms with van der Waals surface area (Å²) in [5.74, 6) is 0.553. The van der Waals surface area contributed by atoms with Crippen molar-refractivity contribution in [3.8, 4) is 0 Å². The summed E-state index contributed by atoms with van der Waals surface area (Å²) in [5.41, 5.74) is 0.537. The molecule has 2 heterocycles.